The van der Waals surface area contributed by atoms with Crippen molar-refractivity contribution >= 4 is 40.2 Å². The maximum Gasteiger partial charge on any atom is 0.190 e. The first-order valence-electron chi connectivity index (χ1n) is 11.7. The van der Waals surface area contributed by atoms with Crippen LogP contribution in [0.3, 0.4) is 0 Å². The largest absolute Gasteiger partial charge is 0.396 e. The van der Waals surface area contributed by atoms with Gasteiger partial charge in [-0.25, -0.2) is 14.6 Å². The van der Waals surface area contributed by atoms with Crippen LogP contribution in [0.1, 0.15) is 37.1 Å². The molecule has 1 aromatic carbocycles. The van der Waals surface area contributed by atoms with Crippen LogP contribution < -0.4 is 4.90 Å². The predicted octanol–water partition coefficient (Wildman–Crippen LogP) is 3.75. The molecule has 34 heavy (non-hydrogen) atoms. The molecular formula is C24H27Cl2N7O. The molecule has 4 heterocycles. The zero-order valence-corrected chi connectivity index (χ0v) is 20.5. The van der Waals surface area contributed by atoms with Crippen molar-refractivity contribution < 1.29 is 5.11 Å². The Morgan fingerprint density at radius 3 is 2.79 bits per heavy atom. The second kappa shape index (κ2) is 9.67. The van der Waals surface area contributed by atoms with Crippen molar-refractivity contribution in [2.45, 2.75) is 25.8 Å². The number of aromatic nitrogens is 4. The topological polar surface area (TPSA) is 94.1 Å². The fourth-order valence-electron chi connectivity index (χ4n) is 5.11. The zero-order chi connectivity index (χ0) is 23.8. The molecule has 0 spiro atoms. The number of hydrogen-bond acceptors (Lipinski definition) is 7. The number of likely N-dealkylation sites (tertiary alicyclic amines) is 1. The number of fused-ring (bicyclic) bond motifs is 1. The molecule has 2 aliphatic heterocycles. The van der Waals surface area contributed by atoms with Gasteiger partial charge in [0.15, 0.2) is 11.3 Å². The molecule has 2 fully saturated rings. The smallest absolute Gasteiger partial charge is 0.190 e. The van der Waals surface area contributed by atoms with Gasteiger partial charge in [0.2, 0.25) is 0 Å². The van der Waals surface area contributed by atoms with Crippen LogP contribution in [0, 0.1) is 23.2 Å². The van der Waals surface area contributed by atoms with Gasteiger partial charge in [0.25, 0.3) is 0 Å². The van der Waals surface area contributed by atoms with E-state index in [0.29, 0.717) is 33.0 Å². The van der Waals surface area contributed by atoms with Crippen molar-refractivity contribution in [1.82, 2.24) is 24.6 Å². The Bertz CT molecular complexity index is 1230. The molecule has 8 nitrogen and oxygen atoms in total. The molecule has 2 saturated heterocycles. The second-order valence-corrected chi connectivity index (χ2v) is 10.1. The summed E-state index contributed by atoms with van der Waals surface area (Å²) in [4.78, 5) is 14.1. The third kappa shape index (κ3) is 4.34. The van der Waals surface area contributed by atoms with E-state index in [1.54, 1.807) is 23.0 Å². The minimum atomic E-state index is -0.244. The number of nitrogens with zero attached hydrogens (tertiary/aromatic N) is 7. The predicted molar refractivity (Wildman–Crippen MR) is 132 cm³/mol. The van der Waals surface area contributed by atoms with Crippen molar-refractivity contribution in [3.8, 4) is 6.07 Å². The Labute approximate surface area is 208 Å². The van der Waals surface area contributed by atoms with Crippen molar-refractivity contribution in [1.29, 1.82) is 5.26 Å². The third-order valence-electron chi connectivity index (χ3n) is 7.12. The first-order chi connectivity index (χ1) is 16.5. The Morgan fingerprint density at radius 2 is 2.06 bits per heavy atom. The summed E-state index contributed by atoms with van der Waals surface area (Å²) in [5, 5.41) is 24.3. The van der Waals surface area contributed by atoms with Crippen molar-refractivity contribution in [2.24, 2.45) is 11.8 Å². The average Bonchev–Trinajstić information content (AvgIpc) is 3.40. The second-order valence-electron chi connectivity index (χ2n) is 9.24. The van der Waals surface area contributed by atoms with Gasteiger partial charge in [-0.2, -0.15) is 10.4 Å². The maximum absolute atomic E-state index is 9.59. The highest BCUT2D eigenvalue weighted by Gasteiger charge is 2.38. The van der Waals surface area contributed by atoms with Crippen LogP contribution in [0.5, 0.6) is 0 Å². The lowest BCUT2D eigenvalue weighted by Crippen LogP contribution is -2.51. The maximum atomic E-state index is 9.59. The molecule has 178 valence electrons. The molecule has 1 N–H and O–H groups in total. The molecule has 0 bridgehead atoms. The summed E-state index contributed by atoms with van der Waals surface area (Å²) in [5.41, 5.74) is 2.17. The van der Waals surface area contributed by atoms with Gasteiger partial charge >= 0.3 is 0 Å². The van der Waals surface area contributed by atoms with Crippen LogP contribution in [-0.4, -0.2) is 69.1 Å². The first kappa shape index (κ1) is 23.3. The number of benzene rings is 1. The highest BCUT2D eigenvalue weighted by atomic mass is 35.5. The van der Waals surface area contributed by atoms with Gasteiger partial charge in [0.05, 0.1) is 12.2 Å². The lowest BCUT2D eigenvalue weighted by Gasteiger charge is -2.43. The Kier molecular flexibility index (Phi) is 6.63. The molecule has 3 aromatic rings. The van der Waals surface area contributed by atoms with E-state index in [0.717, 1.165) is 50.5 Å². The van der Waals surface area contributed by atoms with Crippen LogP contribution in [0.15, 0.2) is 24.4 Å². The number of aliphatic hydroxyl groups excluding tert-OH is 1. The van der Waals surface area contributed by atoms with E-state index >= 15 is 0 Å². The Morgan fingerprint density at radius 1 is 1.24 bits per heavy atom. The molecule has 0 aliphatic carbocycles. The molecule has 0 saturated carbocycles. The standard InChI is InChI=1S/C24H27Cl2N7O/c1-15(19-4-3-18(25)9-20(19)26)33-24-23(21(10-27)30-33)28-11-22(29-24)32-13-17(14-32)16-5-7-31(12-16)6-2-8-34/h3-4,9,11,15-17,34H,2,5-8,12-14H2,1H3/t15-,16?/m1/s1. The molecule has 2 aliphatic rings. The van der Waals surface area contributed by atoms with E-state index in [1.807, 2.05) is 13.0 Å². The van der Waals surface area contributed by atoms with E-state index in [2.05, 4.69) is 26.0 Å². The van der Waals surface area contributed by atoms with Crippen LogP contribution >= 0.6 is 23.2 Å². The first-order valence-corrected chi connectivity index (χ1v) is 12.4. The number of hydrogen-bond donors (Lipinski definition) is 1. The van der Waals surface area contributed by atoms with Crippen LogP contribution in [0.2, 0.25) is 10.0 Å². The lowest BCUT2D eigenvalue weighted by atomic mass is 9.85. The number of rotatable bonds is 7. The quantitative estimate of drug-likeness (QED) is 0.528. The van der Waals surface area contributed by atoms with Gasteiger partial charge in [-0.15, -0.1) is 0 Å². The number of aliphatic hydroxyl groups is 1. The number of halogens is 2. The van der Waals surface area contributed by atoms with Crippen molar-refractivity contribution in [3.05, 3.63) is 45.7 Å². The van der Waals surface area contributed by atoms with Gasteiger partial charge < -0.3 is 14.9 Å². The van der Waals surface area contributed by atoms with Crippen molar-refractivity contribution in [2.75, 3.05) is 44.2 Å². The summed E-state index contributed by atoms with van der Waals surface area (Å²) in [6, 6.07) is 7.26. The zero-order valence-electron chi connectivity index (χ0n) is 19.0. The monoisotopic (exact) mass is 499 g/mol. The van der Waals surface area contributed by atoms with Crippen LogP contribution in [-0.2, 0) is 0 Å². The van der Waals surface area contributed by atoms with E-state index in [4.69, 9.17) is 33.3 Å². The molecule has 2 atom stereocenters. The molecule has 0 radical (unpaired) electrons. The molecule has 5 rings (SSSR count). The minimum Gasteiger partial charge on any atom is -0.396 e. The highest BCUT2D eigenvalue weighted by molar-refractivity contribution is 6.35. The van der Waals surface area contributed by atoms with Gasteiger partial charge in [0.1, 0.15) is 17.4 Å². The number of anilines is 1. The lowest BCUT2D eigenvalue weighted by molar-refractivity contribution is 0.226. The summed E-state index contributed by atoms with van der Waals surface area (Å²) in [7, 11) is 0. The molecule has 10 heteroatoms. The Balaban J connectivity index is 1.35. The van der Waals surface area contributed by atoms with E-state index in [1.165, 1.54) is 6.42 Å². The van der Waals surface area contributed by atoms with E-state index in [9.17, 15) is 5.26 Å². The van der Waals surface area contributed by atoms with Gasteiger partial charge in [-0.3, -0.25) is 0 Å². The summed E-state index contributed by atoms with van der Waals surface area (Å²) < 4.78 is 1.73. The number of nitriles is 1. The molecule has 0 amide bonds. The third-order valence-corrected chi connectivity index (χ3v) is 7.68. The van der Waals surface area contributed by atoms with Gasteiger partial charge in [0, 0.05) is 42.8 Å². The fourth-order valence-corrected chi connectivity index (χ4v) is 5.68. The molecule has 1 unspecified atom stereocenters. The summed E-state index contributed by atoms with van der Waals surface area (Å²) in [6.07, 6.45) is 3.80. The summed E-state index contributed by atoms with van der Waals surface area (Å²) >= 11 is 12.5. The van der Waals surface area contributed by atoms with E-state index < -0.39 is 0 Å². The van der Waals surface area contributed by atoms with Crippen molar-refractivity contribution in [3.63, 3.8) is 0 Å². The van der Waals surface area contributed by atoms with Gasteiger partial charge in [-0.1, -0.05) is 29.3 Å². The normalized spacial score (nSPS) is 20.0. The van der Waals surface area contributed by atoms with Gasteiger partial charge in [-0.05, 0) is 55.8 Å². The van der Waals surface area contributed by atoms with Crippen LogP contribution in [0.4, 0.5) is 5.82 Å². The summed E-state index contributed by atoms with van der Waals surface area (Å²) in [6.45, 7) is 7.35. The molecule has 2 aromatic heterocycles. The average molecular weight is 500 g/mol. The summed E-state index contributed by atoms with van der Waals surface area (Å²) in [5.74, 6) is 2.14. The highest BCUT2D eigenvalue weighted by Crippen LogP contribution is 2.35. The minimum absolute atomic E-state index is 0.244. The fraction of sp³-hybridized carbons (Fsp3) is 0.500. The Hall–Kier alpha value is -2.44. The van der Waals surface area contributed by atoms with Crippen LogP contribution in [0.25, 0.3) is 11.2 Å². The SMILES string of the molecule is C[C@H](c1ccc(Cl)cc1Cl)n1nc(C#N)c2ncc(N3CC(C4CCN(CCCO)C4)C3)nc21. The van der Waals surface area contributed by atoms with E-state index in [-0.39, 0.29) is 18.3 Å². The molecular weight excluding hydrogens is 473 g/mol.